The minimum absolute atomic E-state index is 0.334. The van der Waals surface area contributed by atoms with Gasteiger partial charge in [-0.05, 0) is 31.2 Å². The summed E-state index contributed by atoms with van der Waals surface area (Å²) in [4.78, 5) is 8.48. The molecule has 5 nitrogen and oxygen atoms in total. The second kappa shape index (κ2) is 5.22. The van der Waals surface area contributed by atoms with E-state index in [-0.39, 0.29) is 6.04 Å². The van der Waals surface area contributed by atoms with Crippen molar-refractivity contribution in [3.8, 4) is 5.69 Å². The summed E-state index contributed by atoms with van der Waals surface area (Å²) in [5, 5.41) is 4.35. The van der Waals surface area contributed by atoms with Crippen LogP contribution in [0.3, 0.4) is 0 Å². The van der Waals surface area contributed by atoms with E-state index in [9.17, 15) is 0 Å². The van der Waals surface area contributed by atoms with Gasteiger partial charge in [0, 0.05) is 12.4 Å². The van der Waals surface area contributed by atoms with Crippen LogP contribution in [0.25, 0.3) is 5.69 Å². The normalized spacial score (nSPS) is 12.3. The van der Waals surface area contributed by atoms with Crippen molar-refractivity contribution in [1.29, 1.82) is 0 Å². The molecule has 0 aliphatic rings. The van der Waals surface area contributed by atoms with Crippen molar-refractivity contribution in [1.82, 2.24) is 19.7 Å². The van der Waals surface area contributed by atoms with Crippen LogP contribution in [-0.2, 0) is 0 Å². The number of hydrogen-bond donors (Lipinski definition) is 1. The average Bonchev–Trinajstić information content (AvgIpc) is 2.97. The van der Waals surface area contributed by atoms with Gasteiger partial charge < -0.3 is 5.73 Å². The lowest BCUT2D eigenvalue weighted by atomic mass is 10.1. The maximum absolute atomic E-state index is 6.32. The van der Waals surface area contributed by atoms with E-state index >= 15 is 0 Å². The molecule has 2 heterocycles. The Labute approximate surface area is 117 Å². The van der Waals surface area contributed by atoms with Gasteiger partial charge in [-0.25, -0.2) is 14.6 Å². The maximum atomic E-state index is 6.32. The molecule has 0 aliphatic heterocycles. The summed E-state index contributed by atoms with van der Waals surface area (Å²) in [7, 11) is 0. The van der Waals surface area contributed by atoms with E-state index in [1.54, 1.807) is 12.4 Å². The van der Waals surface area contributed by atoms with Gasteiger partial charge in [0.15, 0.2) is 0 Å². The third-order valence-electron chi connectivity index (χ3n) is 3.11. The van der Waals surface area contributed by atoms with Gasteiger partial charge in [0.05, 0.1) is 23.1 Å². The van der Waals surface area contributed by atoms with Gasteiger partial charge >= 0.3 is 0 Å². The van der Waals surface area contributed by atoms with Crippen LogP contribution >= 0.6 is 0 Å². The van der Waals surface area contributed by atoms with Crippen molar-refractivity contribution < 1.29 is 0 Å². The zero-order valence-electron chi connectivity index (χ0n) is 11.1. The largest absolute Gasteiger partial charge is 0.318 e. The van der Waals surface area contributed by atoms with Gasteiger partial charge in [0.2, 0.25) is 0 Å². The fourth-order valence-electron chi connectivity index (χ4n) is 2.13. The predicted octanol–water partition coefficient (Wildman–Crippen LogP) is 2.02. The molecule has 0 radical (unpaired) electrons. The van der Waals surface area contributed by atoms with Gasteiger partial charge in [-0.3, -0.25) is 0 Å². The highest BCUT2D eigenvalue weighted by molar-refractivity contribution is 5.34. The lowest BCUT2D eigenvalue weighted by Gasteiger charge is -2.14. The number of benzene rings is 1. The summed E-state index contributed by atoms with van der Waals surface area (Å²) >= 11 is 0. The Balaban J connectivity index is 2.02. The van der Waals surface area contributed by atoms with Gasteiger partial charge in [-0.2, -0.15) is 5.10 Å². The highest BCUT2D eigenvalue weighted by Gasteiger charge is 2.16. The number of aryl methyl sites for hydroxylation is 1. The molecule has 1 atom stereocenters. The number of hydrogen-bond acceptors (Lipinski definition) is 4. The molecule has 0 saturated heterocycles. The summed E-state index contributed by atoms with van der Waals surface area (Å²) in [6, 6.07) is 13.3. The van der Waals surface area contributed by atoms with Crippen LogP contribution in [0.5, 0.6) is 0 Å². The molecule has 0 amide bonds. The van der Waals surface area contributed by atoms with Crippen LogP contribution in [0, 0.1) is 6.92 Å². The minimum atomic E-state index is -0.334. The topological polar surface area (TPSA) is 69.6 Å². The Morgan fingerprint density at radius 2 is 1.85 bits per heavy atom. The van der Waals surface area contributed by atoms with E-state index in [0.29, 0.717) is 5.82 Å². The maximum Gasteiger partial charge on any atom is 0.125 e. The van der Waals surface area contributed by atoms with Crippen molar-refractivity contribution in [3.63, 3.8) is 0 Å². The molecule has 1 unspecified atom stereocenters. The summed E-state index contributed by atoms with van der Waals surface area (Å²) < 4.78 is 1.84. The van der Waals surface area contributed by atoms with Crippen LogP contribution in [0.15, 0.2) is 54.9 Å². The molecular formula is C15H15N5. The highest BCUT2D eigenvalue weighted by atomic mass is 15.3. The van der Waals surface area contributed by atoms with Crippen LogP contribution in [-0.4, -0.2) is 19.7 Å². The Morgan fingerprint density at radius 3 is 2.60 bits per heavy atom. The van der Waals surface area contributed by atoms with Crippen LogP contribution in [0.1, 0.15) is 23.3 Å². The molecule has 0 aliphatic carbocycles. The Bertz CT molecular complexity index is 705. The number of nitrogens with two attached hydrogens (primary N) is 1. The number of nitrogens with zero attached hydrogens (tertiary/aromatic N) is 4. The second-order valence-corrected chi connectivity index (χ2v) is 4.51. The third-order valence-corrected chi connectivity index (χ3v) is 3.11. The Morgan fingerprint density at radius 1 is 1.05 bits per heavy atom. The van der Waals surface area contributed by atoms with E-state index < -0.39 is 0 Å². The first-order valence-corrected chi connectivity index (χ1v) is 6.40. The number of rotatable bonds is 3. The standard InChI is InChI=1S/C15H15N5/c1-11-17-9-7-13(19-11)15(16)14-8-10-18-20(14)12-5-3-2-4-6-12/h2-10,15H,16H2,1H3. The number of aromatic nitrogens is 4. The smallest absolute Gasteiger partial charge is 0.125 e. The van der Waals surface area contributed by atoms with Crippen molar-refractivity contribution >= 4 is 0 Å². The molecule has 0 fully saturated rings. The van der Waals surface area contributed by atoms with Gasteiger partial charge in [0.1, 0.15) is 5.82 Å². The van der Waals surface area contributed by atoms with Crippen molar-refractivity contribution in [3.05, 3.63) is 72.1 Å². The van der Waals surface area contributed by atoms with E-state index in [1.165, 1.54) is 0 Å². The van der Waals surface area contributed by atoms with Crippen LogP contribution in [0.4, 0.5) is 0 Å². The fourth-order valence-corrected chi connectivity index (χ4v) is 2.13. The molecule has 0 saturated carbocycles. The highest BCUT2D eigenvalue weighted by Crippen LogP contribution is 2.20. The van der Waals surface area contributed by atoms with E-state index in [4.69, 9.17) is 5.73 Å². The van der Waals surface area contributed by atoms with Gasteiger partial charge in [-0.1, -0.05) is 18.2 Å². The first-order valence-electron chi connectivity index (χ1n) is 6.40. The molecule has 1 aromatic carbocycles. The van der Waals surface area contributed by atoms with Crippen molar-refractivity contribution in [2.24, 2.45) is 5.73 Å². The molecule has 2 aromatic heterocycles. The molecule has 3 aromatic rings. The van der Waals surface area contributed by atoms with E-state index in [2.05, 4.69) is 15.1 Å². The second-order valence-electron chi connectivity index (χ2n) is 4.51. The summed E-state index contributed by atoms with van der Waals surface area (Å²) in [5.41, 5.74) is 8.98. The zero-order valence-corrected chi connectivity index (χ0v) is 11.1. The average molecular weight is 265 g/mol. The molecule has 20 heavy (non-hydrogen) atoms. The van der Waals surface area contributed by atoms with Crippen LogP contribution in [0.2, 0.25) is 0 Å². The van der Waals surface area contributed by atoms with E-state index in [1.807, 2.05) is 54.1 Å². The minimum Gasteiger partial charge on any atom is -0.318 e. The molecule has 5 heteroatoms. The monoisotopic (exact) mass is 265 g/mol. The van der Waals surface area contributed by atoms with Gasteiger partial charge in [0.25, 0.3) is 0 Å². The van der Waals surface area contributed by atoms with E-state index in [0.717, 1.165) is 17.1 Å². The summed E-state index contributed by atoms with van der Waals surface area (Å²) in [5.74, 6) is 0.712. The van der Waals surface area contributed by atoms with Crippen molar-refractivity contribution in [2.45, 2.75) is 13.0 Å². The first kappa shape index (κ1) is 12.5. The molecule has 0 spiro atoms. The lowest BCUT2D eigenvalue weighted by molar-refractivity contribution is 0.716. The fraction of sp³-hybridized carbons (Fsp3) is 0.133. The quantitative estimate of drug-likeness (QED) is 0.786. The Hall–Kier alpha value is -2.53. The molecule has 3 rings (SSSR count). The predicted molar refractivity (Wildman–Crippen MR) is 76.4 cm³/mol. The van der Waals surface area contributed by atoms with Gasteiger partial charge in [-0.15, -0.1) is 0 Å². The SMILES string of the molecule is Cc1nccc(C(N)c2ccnn2-c2ccccc2)n1. The Kier molecular flexibility index (Phi) is 3.26. The first-order chi connectivity index (χ1) is 9.75. The molecule has 2 N–H and O–H groups in total. The molecular weight excluding hydrogens is 250 g/mol. The summed E-state index contributed by atoms with van der Waals surface area (Å²) in [6.45, 7) is 1.85. The number of para-hydroxylation sites is 1. The lowest BCUT2D eigenvalue weighted by Crippen LogP contribution is -2.18. The van der Waals surface area contributed by atoms with Crippen molar-refractivity contribution in [2.75, 3.05) is 0 Å². The molecule has 100 valence electrons. The zero-order chi connectivity index (χ0) is 13.9. The molecule has 0 bridgehead atoms. The van der Waals surface area contributed by atoms with Crippen LogP contribution < -0.4 is 5.73 Å². The third kappa shape index (κ3) is 2.31. The summed E-state index contributed by atoms with van der Waals surface area (Å²) in [6.07, 6.45) is 3.47.